The molecule has 0 aliphatic rings. The fourth-order valence-electron chi connectivity index (χ4n) is 2.71. The molecule has 0 unspecified atom stereocenters. The molecule has 0 aromatic heterocycles. The third-order valence-corrected chi connectivity index (χ3v) is 4.36. The van der Waals surface area contributed by atoms with Crippen LogP contribution in [0, 0.1) is 0 Å². The van der Waals surface area contributed by atoms with E-state index in [1.54, 1.807) is 0 Å². The van der Waals surface area contributed by atoms with Crippen molar-refractivity contribution in [3.8, 4) is 11.5 Å². The normalized spacial score (nSPS) is 10.1. The summed E-state index contributed by atoms with van der Waals surface area (Å²) in [6.07, 6.45) is 1.39. The Morgan fingerprint density at radius 3 is 1.43 bits per heavy atom. The van der Waals surface area contributed by atoms with Crippen LogP contribution in [-0.2, 0) is 31.9 Å². The lowest BCUT2D eigenvalue weighted by Crippen LogP contribution is -2.12. The lowest BCUT2D eigenvalue weighted by molar-refractivity contribution is -0.137. The molecule has 0 heterocycles. The van der Waals surface area contributed by atoms with Crippen molar-refractivity contribution in [2.24, 2.45) is 0 Å². The van der Waals surface area contributed by atoms with Crippen LogP contribution in [0.25, 0.3) is 0 Å². The van der Waals surface area contributed by atoms with Gasteiger partial charge in [0.25, 0.3) is 0 Å². The quantitative estimate of drug-likeness (QED) is 0.416. The zero-order valence-electron chi connectivity index (χ0n) is 17.3. The van der Waals surface area contributed by atoms with E-state index in [4.69, 9.17) is 9.47 Å². The Labute approximate surface area is 176 Å². The molecule has 0 amide bonds. The molecule has 0 saturated carbocycles. The number of aryl methyl sites for hydroxylation is 2. The maximum Gasteiger partial charge on any atom is 0.336 e. The average molecular weight is 410 g/mol. The van der Waals surface area contributed by atoms with Gasteiger partial charge in [-0.3, -0.25) is 0 Å². The number of rotatable bonds is 11. The summed E-state index contributed by atoms with van der Waals surface area (Å²) in [4.78, 5) is 23.0. The van der Waals surface area contributed by atoms with Crippen LogP contribution < -0.4 is 9.47 Å². The highest BCUT2D eigenvalue weighted by molar-refractivity contribution is 5.88. The summed E-state index contributed by atoms with van der Waals surface area (Å²) >= 11 is 0. The number of carbonyl (C=O) groups excluding carboxylic acids is 2. The van der Waals surface area contributed by atoms with Crippen LogP contribution >= 0.6 is 0 Å². The molecule has 6 heteroatoms. The first-order valence-corrected chi connectivity index (χ1v) is 9.39. The van der Waals surface area contributed by atoms with Crippen molar-refractivity contribution in [3.05, 3.63) is 84.0 Å². The van der Waals surface area contributed by atoms with Crippen molar-refractivity contribution in [1.82, 2.24) is 0 Å². The van der Waals surface area contributed by atoms with Gasteiger partial charge in [-0.15, -0.1) is 0 Å². The predicted molar refractivity (Wildman–Crippen MR) is 114 cm³/mol. The molecule has 0 N–H and O–H groups in total. The first kappa shape index (κ1) is 22.7. The van der Waals surface area contributed by atoms with E-state index < -0.39 is 11.9 Å². The van der Waals surface area contributed by atoms with Crippen molar-refractivity contribution >= 4 is 11.9 Å². The summed E-state index contributed by atoms with van der Waals surface area (Å²) in [5.41, 5.74) is 2.47. The van der Waals surface area contributed by atoms with Gasteiger partial charge < -0.3 is 18.9 Å². The minimum atomic E-state index is -0.493. The molecule has 2 aromatic rings. The van der Waals surface area contributed by atoms with E-state index in [9.17, 15) is 9.59 Å². The smallest absolute Gasteiger partial charge is 0.336 e. The molecule has 30 heavy (non-hydrogen) atoms. The van der Waals surface area contributed by atoms with Crippen LogP contribution in [0.5, 0.6) is 11.5 Å². The summed E-state index contributed by atoms with van der Waals surface area (Å²) < 4.78 is 20.8. The molecule has 0 spiro atoms. The summed E-state index contributed by atoms with van der Waals surface area (Å²) in [7, 11) is 2.61. The number of methoxy groups -OCH3 is 2. The lowest BCUT2D eigenvalue weighted by atomic mass is 10.0. The van der Waals surface area contributed by atoms with E-state index in [2.05, 4.69) is 22.6 Å². The second-order valence-corrected chi connectivity index (χ2v) is 6.48. The minimum Gasteiger partial charge on any atom is -0.488 e. The van der Waals surface area contributed by atoms with E-state index in [1.807, 2.05) is 48.5 Å². The zero-order chi connectivity index (χ0) is 21.9. The van der Waals surface area contributed by atoms with E-state index in [0.29, 0.717) is 24.3 Å². The molecule has 2 rings (SSSR count). The first-order chi connectivity index (χ1) is 14.5. The van der Waals surface area contributed by atoms with E-state index in [1.165, 1.54) is 14.2 Å². The standard InChI is InChI=1S/C24H26O6/c1-17(23(25)27-3)15-29-21-11-7-5-9-19(21)13-14-20-10-6-8-12-22(20)30-16-18(2)24(26)28-4/h5-12H,1-2,13-16H2,3-4H3. The molecule has 0 radical (unpaired) electrons. The average Bonchev–Trinajstić information content (AvgIpc) is 2.79. The monoisotopic (exact) mass is 410 g/mol. The Morgan fingerprint density at radius 1 is 0.700 bits per heavy atom. The third-order valence-electron chi connectivity index (χ3n) is 4.36. The summed E-state index contributed by atoms with van der Waals surface area (Å²) in [6, 6.07) is 15.2. The maximum absolute atomic E-state index is 11.5. The molecule has 0 aliphatic heterocycles. The fraction of sp³-hybridized carbons (Fsp3) is 0.250. The van der Waals surface area contributed by atoms with E-state index in [-0.39, 0.29) is 24.4 Å². The number of hydrogen-bond donors (Lipinski definition) is 0. The van der Waals surface area contributed by atoms with Crippen LogP contribution in [0.3, 0.4) is 0 Å². The van der Waals surface area contributed by atoms with Crippen molar-refractivity contribution in [3.63, 3.8) is 0 Å². The molecular weight excluding hydrogens is 384 g/mol. The Hall–Kier alpha value is -3.54. The van der Waals surface area contributed by atoms with Gasteiger partial charge in [0, 0.05) is 0 Å². The van der Waals surface area contributed by atoms with Gasteiger partial charge in [-0.05, 0) is 36.1 Å². The van der Waals surface area contributed by atoms with Crippen LogP contribution in [0.15, 0.2) is 72.8 Å². The van der Waals surface area contributed by atoms with Crippen molar-refractivity contribution in [2.45, 2.75) is 12.8 Å². The molecule has 158 valence electrons. The van der Waals surface area contributed by atoms with Gasteiger partial charge >= 0.3 is 11.9 Å². The highest BCUT2D eigenvalue weighted by Crippen LogP contribution is 2.24. The highest BCUT2D eigenvalue weighted by atomic mass is 16.5. The van der Waals surface area contributed by atoms with Crippen LogP contribution in [0.4, 0.5) is 0 Å². The Balaban J connectivity index is 2.02. The highest BCUT2D eigenvalue weighted by Gasteiger charge is 2.12. The number of ether oxygens (including phenoxy) is 4. The number of hydrogen-bond acceptors (Lipinski definition) is 6. The van der Waals surface area contributed by atoms with Gasteiger partial charge in [-0.25, -0.2) is 9.59 Å². The zero-order valence-corrected chi connectivity index (χ0v) is 17.3. The number of benzene rings is 2. The summed E-state index contributed by atoms with van der Waals surface area (Å²) in [6.45, 7) is 7.45. The van der Waals surface area contributed by atoms with Gasteiger partial charge in [0.15, 0.2) is 0 Å². The molecule has 0 atom stereocenters. The van der Waals surface area contributed by atoms with E-state index >= 15 is 0 Å². The van der Waals surface area contributed by atoms with Gasteiger partial charge in [-0.2, -0.15) is 0 Å². The number of carbonyl (C=O) groups is 2. The number of para-hydroxylation sites is 2. The Kier molecular flexibility index (Phi) is 8.69. The van der Waals surface area contributed by atoms with E-state index in [0.717, 1.165) is 11.1 Å². The maximum atomic E-state index is 11.5. The second-order valence-electron chi connectivity index (χ2n) is 6.48. The largest absolute Gasteiger partial charge is 0.488 e. The van der Waals surface area contributed by atoms with Gasteiger partial charge in [0.05, 0.1) is 25.4 Å². The molecule has 6 nitrogen and oxygen atoms in total. The molecule has 0 saturated heterocycles. The number of esters is 2. The van der Waals surface area contributed by atoms with Crippen LogP contribution in [-0.4, -0.2) is 39.4 Å². The lowest BCUT2D eigenvalue weighted by Gasteiger charge is -2.14. The summed E-state index contributed by atoms with van der Waals surface area (Å²) in [5.74, 6) is 0.374. The topological polar surface area (TPSA) is 71.1 Å². The van der Waals surface area contributed by atoms with Crippen molar-refractivity contribution in [2.75, 3.05) is 27.4 Å². The van der Waals surface area contributed by atoms with Crippen LogP contribution in [0.1, 0.15) is 11.1 Å². The van der Waals surface area contributed by atoms with Gasteiger partial charge in [0.2, 0.25) is 0 Å². The fourth-order valence-corrected chi connectivity index (χ4v) is 2.71. The first-order valence-electron chi connectivity index (χ1n) is 9.39. The Morgan fingerprint density at radius 2 is 1.07 bits per heavy atom. The van der Waals surface area contributed by atoms with Gasteiger partial charge in [0.1, 0.15) is 24.7 Å². The Bertz CT molecular complexity index is 840. The second kappa shape index (κ2) is 11.5. The SMILES string of the molecule is C=C(COc1ccccc1CCc1ccccc1OCC(=C)C(=O)OC)C(=O)OC. The molecule has 0 aliphatic carbocycles. The van der Waals surface area contributed by atoms with Gasteiger partial charge in [-0.1, -0.05) is 49.6 Å². The van der Waals surface area contributed by atoms with Crippen molar-refractivity contribution in [1.29, 1.82) is 0 Å². The van der Waals surface area contributed by atoms with Crippen LogP contribution in [0.2, 0.25) is 0 Å². The molecule has 0 fully saturated rings. The molecule has 0 bridgehead atoms. The molecular formula is C24H26O6. The molecule has 2 aromatic carbocycles. The summed E-state index contributed by atoms with van der Waals surface area (Å²) in [5, 5.41) is 0. The predicted octanol–water partition coefficient (Wildman–Crippen LogP) is 3.69. The van der Waals surface area contributed by atoms with Crippen molar-refractivity contribution < 1.29 is 28.5 Å². The third kappa shape index (κ3) is 6.51. The minimum absolute atomic E-state index is 0.0546.